The van der Waals surface area contributed by atoms with Crippen molar-refractivity contribution in [3.63, 3.8) is 0 Å². The van der Waals surface area contributed by atoms with Gasteiger partial charge in [-0.25, -0.2) is 0 Å². The first-order valence-corrected chi connectivity index (χ1v) is 12.1. The van der Waals surface area contributed by atoms with Crippen LogP contribution in [0.1, 0.15) is 25.2 Å². The Balaban J connectivity index is 1.12. The minimum Gasteiger partial charge on any atom is -0.497 e. The van der Waals surface area contributed by atoms with Crippen LogP contribution in [0.15, 0.2) is 74.7 Å². The van der Waals surface area contributed by atoms with Gasteiger partial charge in [0.15, 0.2) is 5.82 Å². The fourth-order valence-electron chi connectivity index (χ4n) is 4.62. The molecule has 1 aromatic carbocycles. The first kappa shape index (κ1) is 23.7. The molecule has 2 aliphatic heterocycles. The number of benzene rings is 1. The highest BCUT2D eigenvalue weighted by Gasteiger charge is 2.28. The minimum atomic E-state index is -0.366. The first-order valence-electron chi connectivity index (χ1n) is 12.1. The molecule has 1 aliphatic carbocycles. The van der Waals surface area contributed by atoms with Crippen molar-refractivity contribution in [1.82, 2.24) is 20.4 Å². The highest BCUT2D eigenvalue weighted by atomic mass is 16.5. The zero-order chi connectivity index (χ0) is 24.9. The number of aryl methyl sites for hydroxylation is 1. The second kappa shape index (κ2) is 10.7. The minimum absolute atomic E-state index is 0.0780. The van der Waals surface area contributed by atoms with E-state index < -0.39 is 0 Å². The Bertz CT molecular complexity index is 1240. The van der Waals surface area contributed by atoms with Crippen LogP contribution in [-0.4, -0.2) is 53.6 Å². The van der Waals surface area contributed by atoms with E-state index in [2.05, 4.69) is 25.7 Å². The number of fused-ring (bicyclic) bond motifs is 1. The molecule has 1 fully saturated rings. The number of nitrogens with zero attached hydrogens (tertiary/aromatic N) is 5. The summed E-state index contributed by atoms with van der Waals surface area (Å²) in [7, 11) is 1.62. The fraction of sp³-hybridized carbons (Fsp3) is 0.385. The van der Waals surface area contributed by atoms with E-state index in [9.17, 15) is 9.59 Å². The molecule has 2 amide bonds. The van der Waals surface area contributed by atoms with Crippen LogP contribution in [0, 0.1) is 11.8 Å². The van der Waals surface area contributed by atoms with Crippen molar-refractivity contribution in [2.75, 3.05) is 26.7 Å². The molecule has 186 valence electrons. The highest BCUT2D eigenvalue weighted by molar-refractivity contribution is 5.86. The van der Waals surface area contributed by atoms with Gasteiger partial charge in [0.05, 0.1) is 13.0 Å². The smallest absolute Gasteiger partial charge is 0.276 e. The average Bonchev–Trinajstić information content (AvgIpc) is 3.41. The van der Waals surface area contributed by atoms with E-state index in [1.54, 1.807) is 7.11 Å². The number of azo groups is 1. The van der Waals surface area contributed by atoms with E-state index in [4.69, 9.17) is 9.26 Å². The van der Waals surface area contributed by atoms with Gasteiger partial charge in [-0.05, 0) is 43.0 Å². The number of ether oxygens (including phenoxy) is 1. The third-order valence-corrected chi connectivity index (χ3v) is 6.61. The maximum Gasteiger partial charge on any atom is 0.276 e. The van der Waals surface area contributed by atoms with Crippen molar-refractivity contribution in [1.29, 1.82) is 0 Å². The molecule has 0 radical (unpaired) electrons. The molecule has 2 atom stereocenters. The van der Waals surface area contributed by atoms with E-state index in [1.807, 2.05) is 53.5 Å². The van der Waals surface area contributed by atoms with Crippen molar-refractivity contribution < 1.29 is 18.8 Å². The summed E-state index contributed by atoms with van der Waals surface area (Å²) in [6.45, 7) is 2.08. The van der Waals surface area contributed by atoms with Gasteiger partial charge in [-0.1, -0.05) is 29.5 Å². The number of aromatic nitrogens is 2. The number of carbonyl (C=O) groups excluding carboxylic acids is 2. The Kier molecular flexibility index (Phi) is 7.01. The molecule has 1 saturated heterocycles. The van der Waals surface area contributed by atoms with Gasteiger partial charge in [0.1, 0.15) is 5.75 Å². The van der Waals surface area contributed by atoms with Crippen molar-refractivity contribution in [3.8, 4) is 17.1 Å². The topological polar surface area (TPSA) is 122 Å². The lowest BCUT2D eigenvalue weighted by Crippen LogP contribution is -2.43. The number of hydrogen-bond donors (Lipinski definition) is 1. The van der Waals surface area contributed by atoms with Crippen LogP contribution in [0.25, 0.3) is 11.4 Å². The third-order valence-electron chi connectivity index (χ3n) is 6.61. The summed E-state index contributed by atoms with van der Waals surface area (Å²) in [6.07, 6.45) is 10.2. The lowest BCUT2D eigenvalue weighted by Gasteiger charge is -2.33. The van der Waals surface area contributed by atoms with Gasteiger partial charge in [0, 0.05) is 43.6 Å². The van der Waals surface area contributed by atoms with Gasteiger partial charge in [-0.2, -0.15) is 4.98 Å². The number of rotatable bonds is 8. The van der Waals surface area contributed by atoms with E-state index in [0.29, 0.717) is 43.5 Å². The Hall–Kier alpha value is -4.08. The van der Waals surface area contributed by atoms with Crippen molar-refractivity contribution in [2.45, 2.75) is 25.7 Å². The van der Waals surface area contributed by atoms with Crippen LogP contribution in [0.3, 0.4) is 0 Å². The van der Waals surface area contributed by atoms with Crippen LogP contribution in [0.2, 0.25) is 0 Å². The molecule has 5 rings (SSSR count). The average molecular weight is 489 g/mol. The molecule has 2 aromatic rings. The number of amides is 2. The fourth-order valence-corrected chi connectivity index (χ4v) is 4.62. The SMILES string of the molecule is COc1ccc(-c2noc(CCC(=O)N3CCCC(CNC4=C5C=CC=CC5C(=O)N=N4)C3)n2)cc1. The maximum absolute atomic E-state index is 12.9. The van der Waals surface area contributed by atoms with Crippen LogP contribution in [0.4, 0.5) is 0 Å². The summed E-state index contributed by atoms with van der Waals surface area (Å²) in [6, 6.07) is 7.41. The van der Waals surface area contributed by atoms with Crippen LogP contribution in [0.5, 0.6) is 5.75 Å². The molecule has 2 unspecified atom stereocenters. The predicted molar refractivity (Wildman–Crippen MR) is 131 cm³/mol. The molecular formula is C26H28N6O4. The second-order valence-electron chi connectivity index (χ2n) is 9.03. The van der Waals surface area contributed by atoms with Gasteiger partial charge in [0.25, 0.3) is 5.91 Å². The van der Waals surface area contributed by atoms with Gasteiger partial charge in [-0.15, -0.1) is 10.2 Å². The zero-order valence-corrected chi connectivity index (χ0v) is 20.1. The summed E-state index contributed by atoms with van der Waals surface area (Å²) < 4.78 is 10.5. The standard InChI is InChI=1S/C26H28N6O4/c1-35-19-10-8-18(9-11-19)24-28-22(36-31-24)12-13-23(33)32-14-4-5-17(16-32)15-27-25-20-6-2-3-7-21(20)26(34)30-29-25/h2-3,6-11,17,21,27H,4-5,12-16H2,1H3. The summed E-state index contributed by atoms with van der Waals surface area (Å²) in [5.74, 6) is 2.08. The monoisotopic (exact) mass is 488 g/mol. The van der Waals surface area contributed by atoms with Crippen LogP contribution >= 0.6 is 0 Å². The highest BCUT2D eigenvalue weighted by Crippen LogP contribution is 2.28. The molecule has 36 heavy (non-hydrogen) atoms. The Morgan fingerprint density at radius 3 is 2.92 bits per heavy atom. The molecule has 1 N–H and O–H groups in total. The number of allylic oxidation sites excluding steroid dienone is 3. The van der Waals surface area contributed by atoms with E-state index >= 15 is 0 Å². The summed E-state index contributed by atoms with van der Waals surface area (Å²) in [5.41, 5.74) is 1.67. The Labute approximate surface area is 208 Å². The molecule has 10 nitrogen and oxygen atoms in total. The predicted octanol–water partition coefficient (Wildman–Crippen LogP) is 3.45. The molecule has 0 bridgehead atoms. The van der Waals surface area contributed by atoms with Crippen LogP contribution in [-0.2, 0) is 16.0 Å². The number of nitrogens with one attached hydrogen (secondary N) is 1. The number of hydrogen-bond acceptors (Lipinski definition) is 8. The Morgan fingerprint density at radius 1 is 1.22 bits per heavy atom. The van der Waals surface area contributed by atoms with Gasteiger partial charge >= 0.3 is 0 Å². The van der Waals surface area contributed by atoms with Crippen molar-refractivity contribution in [3.05, 3.63) is 65.9 Å². The second-order valence-corrected chi connectivity index (χ2v) is 9.03. The number of piperidine rings is 1. The quantitative estimate of drug-likeness (QED) is 0.604. The number of likely N-dealkylation sites (tertiary alicyclic amines) is 1. The van der Waals surface area contributed by atoms with Crippen molar-refractivity contribution >= 4 is 11.8 Å². The number of methoxy groups -OCH3 is 1. The molecule has 1 aromatic heterocycles. The summed E-state index contributed by atoms with van der Waals surface area (Å²) in [5, 5.41) is 15.2. The summed E-state index contributed by atoms with van der Waals surface area (Å²) in [4.78, 5) is 31.2. The molecule has 3 heterocycles. The Morgan fingerprint density at radius 2 is 2.08 bits per heavy atom. The van der Waals surface area contributed by atoms with Gasteiger partial charge < -0.3 is 19.5 Å². The van der Waals surface area contributed by atoms with Gasteiger partial charge in [-0.3, -0.25) is 9.59 Å². The molecule has 10 heteroatoms. The molecular weight excluding hydrogens is 460 g/mol. The van der Waals surface area contributed by atoms with Crippen molar-refractivity contribution in [2.24, 2.45) is 22.1 Å². The maximum atomic E-state index is 12.9. The lowest BCUT2D eigenvalue weighted by molar-refractivity contribution is -0.133. The third kappa shape index (κ3) is 5.27. The normalized spacial score (nSPS) is 21.0. The summed E-state index contributed by atoms with van der Waals surface area (Å²) >= 11 is 0. The lowest BCUT2D eigenvalue weighted by atomic mass is 9.92. The van der Waals surface area contributed by atoms with E-state index in [0.717, 1.165) is 36.3 Å². The number of carbonyl (C=O) groups is 2. The van der Waals surface area contributed by atoms with E-state index in [-0.39, 0.29) is 23.7 Å². The first-order chi connectivity index (χ1) is 17.6. The largest absolute Gasteiger partial charge is 0.497 e. The molecule has 0 spiro atoms. The molecule has 3 aliphatic rings. The van der Waals surface area contributed by atoms with Gasteiger partial charge in [0.2, 0.25) is 17.6 Å². The van der Waals surface area contributed by atoms with E-state index in [1.165, 1.54) is 0 Å². The van der Waals surface area contributed by atoms with Crippen LogP contribution < -0.4 is 10.1 Å². The zero-order valence-electron chi connectivity index (χ0n) is 20.1. The molecule has 0 saturated carbocycles.